The predicted molar refractivity (Wildman–Crippen MR) is 111 cm³/mol. The summed E-state index contributed by atoms with van der Waals surface area (Å²) < 4.78 is 59.8. The van der Waals surface area contributed by atoms with Gasteiger partial charge in [0.1, 0.15) is 5.82 Å². The third kappa shape index (κ3) is 5.76. The number of amides is 1. The van der Waals surface area contributed by atoms with Gasteiger partial charge in [0.25, 0.3) is 5.91 Å². The van der Waals surface area contributed by atoms with Crippen LogP contribution in [0.4, 0.5) is 17.6 Å². The fraction of sp³-hybridized carbons (Fsp3) is 0.478. The van der Waals surface area contributed by atoms with Crippen LogP contribution in [0.5, 0.6) is 5.88 Å². The lowest BCUT2D eigenvalue weighted by atomic mass is 9.92. The zero-order valence-electron chi connectivity index (χ0n) is 17.7. The van der Waals surface area contributed by atoms with Crippen molar-refractivity contribution in [3.8, 4) is 17.0 Å². The summed E-state index contributed by atoms with van der Waals surface area (Å²) in [6.45, 7) is 2.19. The van der Waals surface area contributed by atoms with Crippen LogP contribution in [0.25, 0.3) is 11.1 Å². The molecule has 2 N–H and O–H groups in total. The number of hydrogen-bond acceptors (Lipinski definition) is 4. The molecule has 3 rings (SSSR count). The van der Waals surface area contributed by atoms with Gasteiger partial charge in [0.05, 0.1) is 29.9 Å². The zero-order valence-corrected chi connectivity index (χ0v) is 17.7. The lowest BCUT2D eigenvalue weighted by molar-refractivity contribution is -0.137. The van der Waals surface area contributed by atoms with Crippen LogP contribution in [0.3, 0.4) is 0 Å². The first-order valence-electron chi connectivity index (χ1n) is 10.7. The van der Waals surface area contributed by atoms with Crippen LogP contribution in [0, 0.1) is 5.82 Å². The van der Waals surface area contributed by atoms with Crippen molar-refractivity contribution in [2.75, 3.05) is 6.61 Å². The van der Waals surface area contributed by atoms with Crippen LogP contribution in [0.2, 0.25) is 0 Å². The number of halogens is 4. The Bertz CT molecular complexity index is 949. The number of nitrogens with one attached hydrogen (secondary N) is 1. The quantitative estimate of drug-likeness (QED) is 0.450. The number of nitrogens with zero attached hydrogens (tertiary/aromatic N) is 1. The third-order valence-corrected chi connectivity index (χ3v) is 5.48. The van der Waals surface area contributed by atoms with Gasteiger partial charge in [-0.15, -0.1) is 0 Å². The van der Waals surface area contributed by atoms with Crippen molar-refractivity contribution in [3.05, 3.63) is 47.4 Å². The van der Waals surface area contributed by atoms with E-state index in [9.17, 15) is 27.5 Å². The Labute approximate surface area is 183 Å². The molecule has 0 aliphatic heterocycles. The van der Waals surface area contributed by atoms with Crippen molar-refractivity contribution >= 4 is 5.91 Å². The van der Waals surface area contributed by atoms with Gasteiger partial charge >= 0.3 is 6.18 Å². The van der Waals surface area contributed by atoms with Crippen LogP contribution in [0.1, 0.15) is 61.4 Å². The van der Waals surface area contributed by atoms with E-state index in [0.29, 0.717) is 31.4 Å². The maximum atomic E-state index is 14.6. The van der Waals surface area contributed by atoms with Crippen molar-refractivity contribution in [2.45, 2.75) is 63.8 Å². The monoisotopic (exact) mass is 454 g/mol. The molecule has 1 saturated carbocycles. The van der Waals surface area contributed by atoms with Gasteiger partial charge in [-0.2, -0.15) is 13.2 Å². The Balaban J connectivity index is 1.98. The van der Waals surface area contributed by atoms with E-state index in [1.165, 1.54) is 12.3 Å². The summed E-state index contributed by atoms with van der Waals surface area (Å²) in [5.74, 6) is -1.48. The minimum Gasteiger partial charge on any atom is -0.477 e. The van der Waals surface area contributed by atoms with Crippen LogP contribution < -0.4 is 10.1 Å². The van der Waals surface area contributed by atoms with Gasteiger partial charge in [-0.3, -0.25) is 4.79 Å². The number of rotatable bonds is 7. The summed E-state index contributed by atoms with van der Waals surface area (Å²) in [7, 11) is 0. The van der Waals surface area contributed by atoms with E-state index in [-0.39, 0.29) is 29.2 Å². The molecule has 1 aliphatic rings. The van der Waals surface area contributed by atoms with E-state index < -0.39 is 35.6 Å². The lowest BCUT2D eigenvalue weighted by Crippen LogP contribution is -2.45. The van der Waals surface area contributed by atoms with Gasteiger partial charge < -0.3 is 15.2 Å². The number of carbonyl (C=O) groups excluding carboxylic acids is 1. The molecule has 2 unspecified atom stereocenters. The standard InChI is InChI=1S/C23H26F4N2O3/c1-2-3-10-32-22-17(16-12-15(23(25,26)27)8-9-18(16)24)11-14(13-28-22)21(31)29-19-6-4-5-7-20(19)30/h8-9,11-13,19-20,30H,2-7,10H2,1H3,(H,29,31). The first-order chi connectivity index (χ1) is 15.2. The molecule has 1 amide bonds. The highest BCUT2D eigenvalue weighted by atomic mass is 19.4. The molecule has 32 heavy (non-hydrogen) atoms. The van der Waals surface area contributed by atoms with Crippen molar-refractivity contribution in [1.29, 1.82) is 0 Å². The molecule has 9 heteroatoms. The number of unbranched alkanes of at least 4 members (excludes halogenated alkanes) is 1. The largest absolute Gasteiger partial charge is 0.477 e. The molecule has 0 saturated heterocycles. The normalized spacial score (nSPS) is 18.9. The van der Waals surface area contributed by atoms with Crippen LogP contribution >= 0.6 is 0 Å². The van der Waals surface area contributed by atoms with E-state index in [2.05, 4.69) is 10.3 Å². The first kappa shape index (κ1) is 24.0. The summed E-state index contributed by atoms with van der Waals surface area (Å²) in [5.41, 5.74) is -1.38. The topological polar surface area (TPSA) is 71.5 Å². The lowest BCUT2D eigenvalue weighted by Gasteiger charge is -2.28. The van der Waals surface area contributed by atoms with Crippen LogP contribution in [-0.2, 0) is 6.18 Å². The molecule has 2 atom stereocenters. The average Bonchev–Trinajstić information content (AvgIpc) is 2.75. The Morgan fingerprint density at radius 3 is 2.66 bits per heavy atom. The average molecular weight is 454 g/mol. The second-order valence-electron chi connectivity index (χ2n) is 7.90. The van der Waals surface area contributed by atoms with Gasteiger partial charge in [0, 0.05) is 17.3 Å². The number of pyridine rings is 1. The summed E-state index contributed by atoms with van der Waals surface area (Å²) in [4.78, 5) is 16.8. The maximum Gasteiger partial charge on any atom is 0.416 e. The number of aromatic nitrogens is 1. The molecule has 5 nitrogen and oxygen atoms in total. The highest BCUT2D eigenvalue weighted by Gasteiger charge is 2.32. The molecule has 1 fully saturated rings. The van der Waals surface area contributed by atoms with E-state index in [0.717, 1.165) is 25.3 Å². The molecule has 1 aromatic heterocycles. The first-order valence-corrected chi connectivity index (χ1v) is 10.7. The molecular weight excluding hydrogens is 428 g/mol. The van der Waals surface area contributed by atoms with Crippen molar-refractivity contribution in [3.63, 3.8) is 0 Å². The van der Waals surface area contributed by atoms with Crippen LogP contribution in [0.15, 0.2) is 30.5 Å². The number of ether oxygens (including phenoxy) is 1. The van der Waals surface area contributed by atoms with Gasteiger partial charge in [-0.1, -0.05) is 26.2 Å². The number of carbonyl (C=O) groups is 1. The van der Waals surface area contributed by atoms with E-state index >= 15 is 0 Å². The SMILES string of the molecule is CCCCOc1ncc(C(=O)NC2CCCCC2O)cc1-c1cc(C(F)(F)F)ccc1F. The maximum absolute atomic E-state index is 14.6. The van der Waals surface area contributed by atoms with Gasteiger partial charge in [0.2, 0.25) is 5.88 Å². The molecule has 1 heterocycles. The highest BCUT2D eigenvalue weighted by molar-refractivity contribution is 5.95. The second kappa shape index (κ2) is 10.3. The molecule has 1 aliphatic carbocycles. The van der Waals surface area contributed by atoms with Gasteiger partial charge in [-0.25, -0.2) is 9.37 Å². The molecule has 0 radical (unpaired) electrons. The summed E-state index contributed by atoms with van der Waals surface area (Å²) in [5, 5.41) is 12.8. The predicted octanol–water partition coefficient (Wildman–Crippen LogP) is 5.12. The molecule has 1 aromatic carbocycles. The molecule has 2 aromatic rings. The number of aliphatic hydroxyl groups excluding tert-OH is 1. The smallest absolute Gasteiger partial charge is 0.416 e. The van der Waals surface area contributed by atoms with E-state index in [4.69, 9.17) is 4.74 Å². The van der Waals surface area contributed by atoms with Crippen molar-refractivity contribution in [1.82, 2.24) is 10.3 Å². The van der Waals surface area contributed by atoms with Gasteiger partial charge in [0.15, 0.2) is 0 Å². The van der Waals surface area contributed by atoms with Crippen molar-refractivity contribution in [2.24, 2.45) is 0 Å². The fourth-order valence-electron chi connectivity index (χ4n) is 3.64. The highest BCUT2D eigenvalue weighted by Crippen LogP contribution is 2.36. The van der Waals surface area contributed by atoms with Gasteiger partial charge in [-0.05, 0) is 43.5 Å². The van der Waals surface area contributed by atoms with E-state index in [1.54, 1.807) is 0 Å². The fourth-order valence-corrected chi connectivity index (χ4v) is 3.64. The molecular formula is C23H26F4N2O3. The number of benzene rings is 1. The van der Waals surface area contributed by atoms with Crippen molar-refractivity contribution < 1.29 is 32.2 Å². The third-order valence-electron chi connectivity index (χ3n) is 5.48. The summed E-state index contributed by atoms with van der Waals surface area (Å²) in [6.07, 6.45) is 0.333. The molecule has 0 bridgehead atoms. The summed E-state index contributed by atoms with van der Waals surface area (Å²) in [6, 6.07) is 2.93. The number of hydrogen-bond donors (Lipinski definition) is 2. The number of aliphatic hydroxyl groups is 1. The zero-order chi connectivity index (χ0) is 23.3. The Morgan fingerprint density at radius 1 is 1.22 bits per heavy atom. The Kier molecular flexibility index (Phi) is 7.71. The summed E-state index contributed by atoms with van der Waals surface area (Å²) >= 11 is 0. The number of alkyl halides is 3. The minimum atomic E-state index is -4.66. The van der Waals surface area contributed by atoms with E-state index in [1.807, 2.05) is 6.92 Å². The minimum absolute atomic E-state index is 0.0393. The second-order valence-corrected chi connectivity index (χ2v) is 7.90. The molecule has 0 spiro atoms. The Hall–Kier alpha value is -2.68. The Morgan fingerprint density at radius 2 is 1.97 bits per heavy atom. The van der Waals surface area contributed by atoms with Crippen LogP contribution in [-0.4, -0.2) is 34.8 Å². The molecule has 174 valence electrons.